The van der Waals surface area contributed by atoms with E-state index < -0.39 is 30.5 Å². The third-order valence-electron chi connectivity index (χ3n) is 3.99. The van der Waals surface area contributed by atoms with Gasteiger partial charge in [0, 0.05) is 18.7 Å². The Kier molecular flexibility index (Phi) is 4.27. The van der Waals surface area contributed by atoms with Crippen LogP contribution in [0.2, 0.25) is 0 Å². The molecule has 0 unspecified atom stereocenters. The first-order chi connectivity index (χ1) is 11.3. The highest BCUT2D eigenvalue weighted by atomic mass is 19.4. The molecule has 2 aromatic rings. The number of rotatable bonds is 4. The number of carboxylic acid groups (broad SMARTS) is 1. The molecular formula is C15H14F3N3O3. The number of hydrogen-bond acceptors (Lipinski definition) is 5. The van der Waals surface area contributed by atoms with Crippen molar-refractivity contribution in [3.63, 3.8) is 0 Å². The number of likely N-dealkylation sites (tertiary alicyclic amines) is 1. The van der Waals surface area contributed by atoms with E-state index in [4.69, 9.17) is 9.63 Å². The van der Waals surface area contributed by atoms with E-state index in [1.807, 2.05) is 6.07 Å². The molecule has 0 aliphatic carbocycles. The van der Waals surface area contributed by atoms with Crippen LogP contribution in [0.5, 0.6) is 0 Å². The van der Waals surface area contributed by atoms with Crippen molar-refractivity contribution in [1.82, 2.24) is 15.0 Å². The molecule has 128 valence electrons. The Balaban J connectivity index is 1.71. The van der Waals surface area contributed by atoms with E-state index in [9.17, 15) is 18.0 Å². The molecule has 0 radical (unpaired) electrons. The van der Waals surface area contributed by atoms with Crippen LogP contribution < -0.4 is 0 Å². The van der Waals surface area contributed by atoms with Gasteiger partial charge in [-0.15, -0.1) is 0 Å². The normalized spacial score (nSPS) is 22.0. The summed E-state index contributed by atoms with van der Waals surface area (Å²) < 4.78 is 44.0. The maximum absolute atomic E-state index is 13.0. The van der Waals surface area contributed by atoms with Gasteiger partial charge in [0.15, 0.2) is 5.82 Å². The zero-order valence-corrected chi connectivity index (χ0v) is 12.4. The van der Waals surface area contributed by atoms with Gasteiger partial charge < -0.3 is 9.63 Å². The van der Waals surface area contributed by atoms with Gasteiger partial charge in [-0.25, -0.2) is 0 Å². The van der Waals surface area contributed by atoms with Crippen molar-refractivity contribution >= 4 is 5.97 Å². The molecule has 6 nitrogen and oxygen atoms in total. The first-order valence-electron chi connectivity index (χ1n) is 7.24. The summed E-state index contributed by atoms with van der Waals surface area (Å²) in [5, 5.41) is 12.8. The van der Waals surface area contributed by atoms with Gasteiger partial charge in [0.25, 0.3) is 5.89 Å². The molecule has 0 spiro atoms. The van der Waals surface area contributed by atoms with Crippen LogP contribution >= 0.6 is 0 Å². The minimum Gasteiger partial charge on any atom is -0.481 e. The van der Waals surface area contributed by atoms with Gasteiger partial charge >= 0.3 is 12.1 Å². The lowest BCUT2D eigenvalue weighted by atomic mass is 9.96. The van der Waals surface area contributed by atoms with E-state index in [1.54, 1.807) is 24.3 Å². The van der Waals surface area contributed by atoms with Crippen molar-refractivity contribution in [3.8, 4) is 11.5 Å². The van der Waals surface area contributed by atoms with Crippen molar-refractivity contribution in [2.75, 3.05) is 13.1 Å². The summed E-state index contributed by atoms with van der Waals surface area (Å²) >= 11 is 0. The maximum atomic E-state index is 13.0. The number of benzene rings is 1. The Morgan fingerprint density at radius 3 is 2.58 bits per heavy atom. The average molecular weight is 341 g/mol. The fourth-order valence-corrected chi connectivity index (χ4v) is 2.81. The molecule has 2 atom stereocenters. The molecule has 1 saturated heterocycles. The number of carbonyl (C=O) groups is 1. The highest BCUT2D eigenvalue weighted by Gasteiger charge is 2.52. The summed E-state index contributed by atoms with van der Waals surface area (Å²) in [6.07, 6.45) is -4.55. The minimum absolute atomic E-state index is 0.00664. The van der Waals surface area contributed by atoms with Crippen LogP contribution in [0, 0.1) is 11.8 Å². The Morgan fingerprint density at radius 2 is 2.00 bits per heavy atom. The number of aliphatic carboxylic acids is 1. The lowest BCUT2D eigenvalue weighted by Gasteiger charge is -2.18. The van der Waals surface area contributed by atoms with E-state index in [-0.39, 0.29) is 24.8 Å². The zero-order valence-electron chi connectivity index (χ0n) is 12.4. The fraction of sp³-hybridized carbons (Fsp3) is 0.400. The number of nitrogens with zero attached hydrogens (tertiary/aromatic N) is 3. The number of alkyl halides is 3. The monoisotopic (exact) mass is 341 g/mol. The highest BCUT2D eigenvalue weighted by molar-refractivity contribution is 5.71. The van der Waals surface area contributed by atoms with Gasteiger partial charge in [0.2, 0.25) is 0 Å². The van der Waals surface area contributed by atoms with Crippen LogP contribution in [0.3, 0.4) is 0 Å². The molecule has 1 aliphatic rings. The second kappa shape index (κ2) is 6.23. The van der Waals surface area contributed by atoms with Crippen LogP contribution in [0.1, 0.15) is 5.82 Å². The van der Waals surface area contributed by atoms with Crippen molar-refractivity contribution in [2.24, 2.45) is 11.8 Å². The molecule has 1 aromatic heterocycles. The molecule has 3 rings (SSSR count). The van der Waals surface area contributed by atoms with Gasteiger partial charge in [-0.2, -0.15) is 18.2 Å². The van der Waals surface area contributed by atoms with E-state index >= 15 is 0 Å². The van der Waals surface area contributed by atoms with Gasteiger partial charge in [-0.1, -0.05) is 23.4 Å². The van der Waals surface area contributed by atoms with Crippen LogP contribution in [0.25, 0.3) is 11.5 Å². The third kappa shape index (κ3) is 3.40. The Labute approximate surface area is 134 Å². The molecule has 24 heavy (non-hydrogen) atoms. The summed E-state index contributed by atoms with van der Waals surface area (Å²) in [5.74, 6) is -4.33. The fourth-order valence-electron chi connectivity index (χ4n) is 2.81. The topological polar surface area (TPSA) is 79.5 Å². The van der Waals surface area contributed by atoms with Crippen molar-refractivity contribution < 1.29 is 27.6 Å². The van der Waals surface area contributed by atoms with Crippen molar-refractivity contribution in [3.05, 3.63) is 36.2 Å². The summed E-state index contributed by atoms with van der Waals surface area (Å²) in [6, 6.07) is 8.96. The van der Waals surface area contributed by atoms with Crippen LogP contribution in [0.4, 0.5) is 13.2 Å². The van der Waals surface area contributed by atoms with E-state index in [0.29, 0.717) is 5.56 Å². The quantitative estimate of drug-likeness (QED) is 0.920. The Hall–Kier alpha value is -2.42. The molecule has 9 heteroatoms. The summed E-state index contributed by atoms with van der Waals surface area (Å²) in [6.45, 7) is -0.586. The Bertz CT molecular complexity index is 717. The predicted molar refractivity (Wildman–Crippen MR) is 75.7 cm³/mol. The predicted octanol–water partition coefficient (Wildman–Crippen LogP) is 2.43. The molecule has 0 amide bonds. The zero-order chi connectivity index (χ0) is 17.3. The van der Waals surface area contributed by atoms with Crippen LogP contribution in [-0.2, 0) is 11.3 Å². The van der Waals surface area contributed by atoms with Gasteiger partial charge in [-0.05, 0) is 12.1 Å². The molecule has 0 saturated carbocycles. The smallest absolute Gasteiger partial charge is 0.393 e. The molecule has 2 heterocycles. The highest BCUT2D eigenvalue weighted by Crippen LogP contribution is 2.38. The third-order valence-corrected chi connectivity index (χ3v) is 3.99. The van der Waals surface area contributed by atoms with Crippen LogP contribution in [0.15, 0.2) is 34.9 Å². The maximum Gasteiger partial charge on any atom is 0.393 e. The number of aromatic nitrogens is 2. The van der Waals surface area contributed by atoms with Crippen molar-refractivity contribution in [2.45, 2.75) is 12.7 Å². The summed E-state index contributed by atoms with van der Waals surface area (Å²) in [7, 11) is 0. The Morgan fingerprint density at radius 1 is 1.29 bits per heavy atom. The number of halogens is 3. The average Bonchev–Trinajstić information content (AvgIpc) is 3.15. The van der Waals surface area contributed by atoms with Gasteiger partial charge in [-0.3, -0.25) is 9.69 Å². The first-order valence-corrected chi connectivity index (χ1v) is 7.24. The van der Waals surface area contributed by atoms with E-state index in [0.717, 1.165) is 0 Å². The molecule has 0 bridgehead atoms. The summed E-state index contributed by atoms with van der Waals surface area (Å²) in [4.78, 5) is 16.6. The second-order valence-corrected chi connectivity index (χ2v) is 5.67. The number of hydrogen-bond donors (Lipinski definition) is 1. The first kappa shape index (κ1) is 16.4. The second-order valence-electron chi connectivity index (χ2n) is 5.67. The molecular weight excluding hydrogens is 327 g/mol. The largest absolute Gasteiger partial charge is 0.481 e. The van der Waals surface area contributed by atoms with Gasteiger partial charge in [0.05, 0.1) is 18.4 Å². The molecule has 1 fully saturated rings. The van der Waals surface area contributed by atoms with E-state index in [2.05, 4.69) is 10.1 Å². The summed E-state index contributed by atoms with van der Waals surface area (Å²) in [5.41, 5.74) is 0.703. The van der Waals surface area contributed by atoms with Crippen molar-refractivity contribution in [1.29, 1.82) is 0 Å². The number of carboxylic acids is 1. The molecule has 1 N–H and O–H groups in total. The van der Waals surface area contributed by atoms with E-state index in [1.165, 1.54) is 4.90 Å². The van der Waals surface area contributed by atoms with Crippen LogP contribution in [-0.4, -0.2) is 45.4 Å². The molecule has 1 aromatic carbocycles. The molecule has 1 aliphatic heterocycles. The standard InChI is InChI=1S/C15H14F3N3O3/c16-15(17,18)11-7-21(6-10(11)14(22)23)8-12-19-13(24-20-12)9-4-2-1-3-5-9/h1-5,10-11H,6-8H2,(H,22,23)/t10-,11-/m1/s1. The lowest BCUT2D eigenvalue weighted by molar-refractivity contribution is -0.188. The lowest BCUT2D eigenvalue weighted by Crippen LogP contribution is -2.33. The minimum atomic E-state index is -4.55. The SMILES string of the molecule is O=C(O)[C@@H]1CN(Cc2noc(-c3ccccc3)n2)C[C@H]1C(F)(F)F. The van der Waals surface area contributed by atoms with Gasteiger partial charge in [0.1, 0.15) is 0 Å².